The van der Waals surface area contributed by atoms with Crippen molar-refractivity contribution >= 4 is 47.8 Å². The predicted molar refractivity (Wildman–Crippen MR) is 469 cm³/mol. The van der Waals surface area contributed by atoms with Crippen molar-refractivity contribution in [3.63, 3.8) is 0 Å². The van der Waals surface area contributed by atoms with Gasteiger partial charge in [0.25, 0.3) is 0 Å². The Morgan fingerprint density at radius 1 is 0.398 bits per heavy atom. The van der Waals surface area contributed by atoms with Crippen LogP contribution in [0.5, 0.6) is 0 Å². The number of hydrogen-bond acceptors (Lipinski definition) is 19. The van der Waals surface area contributed by atoms with Crippen LogP contribution in [0.15, 0.2) is 0 Å². The van der Waals surface area contributed by atoms with Gasteiger partial charge in [0.15, 0.2) is 0 Å². The fraction of sp³-hybridized carbons (Fsp3) is 0.919. The molecule has 688 valence electrons. The minimum Gasteiger partial charge on any atom is -0.459 e. The highest BCUT2D eigenvalue weighted by Crippen LogP contribution is 2.64. The Hall–Kier alpha value is -4.36. The molecule has 3 N–H and O–H groups in total. The Morgan fingerprint density at radius 2 is 0.805 bits per heavy atom. The summed E-state index contributed by atoms with van der Waals surface area (Å²) in [5.74, 6) is 4.95. The van der Waals surface area contributed by atoms with Crippen LogP contribution >= 0.6 is 0 Å². The standard InChI is InChI=1S/C18H30O2.C16H26O4.C16H26O3.C15H28O2.C14H20O4.C13H20O4.7CH4/c1-5-17(3,4)16(19)20-18(6-2)14-8-12-7-13(10-14)11-15(18)9-12;1-4-13(2,3)12(17)20-16-7-11-5-14(18,9-16)8-15(19,6-11)10-16;1-4-14(2,3)13(17)19-16-8-11-5-12(9-16)7-15(18,6-11)10-16;1-6-14(2,3)13(16)17-15(4,5)12-10-8-7-9-11-12;1-4-14(2,3)13(16)18-10-7-5-8-9(6-7)12(15)17-11(8)10;1-4-13(2,3)12(15)17-9-6-5-8-7-10(9)16-11(8)14;;;;;;;/h12-15H,5-11H2,1-4H3;11,18-19H,4-10H2,1-3H3;11-12,18H,4-10H2,1-3H3;12H,6-11H2,1-5H3;7-11H,4-6H2,1-3H3;8-10H,4-7H2,1-3H3;7*1H4. The van der Waals surface area contributed by atoms with Gasteiger partial charge in [-0.15, -0.1) is 0 Å². The SMILES string of the molecule is C.C.C.C.C.C.C.CCC(C)(C)C(=O)OC(C)(C)C1CCCCC1.CCC(C)(C)C(=O)OC1(CC)C2CC3CC(C2)CC1C3.CCC(C)(C)C(=O)OC12CC3CC(CC(O)(C3)C1)C2.CCC(C)(C)C(=O)OC12CC3CC(O)(CC(O)(C3)C1)C2.CCC(C)(C)C(=O)OC1C2CC3C(=O)OC1C3C2.CCC(C)(C)C(=O)OC1CCC2CC1OC2=O. The quantitative estimate of drug-likeness (QED) is 0.0755. The van der Waals surface area contributed by atoms with Gasteiger partial charge in [0, 0.05) is 43.9 Å². The fourth-order valence-electron chi connectivity index (χ4n) is 23.0. The zero-order chi connectivity index (χ0) is 82.1. The van der Waals surface area contributed by atoms with Gasteiger partial charge in [0.05, 0.1) is 61.1 Å². The number of rotatable bonds is 20. The van der Waals surface area contributed by atoms with Crippen LogP contribution in [-0.4, -0.2) is 127 Å². The van der Waals surface area contributed by atoms with Crippen LogP contribution in [0.1, 0.15) is 416 Å². The van der Waals surface area contributed by atoms with Gasteiger partial charge in [-0.05, 0) is 311 Å². The predicted octanol–water partition coefficient (Wildman–Crippen LogP) is 22.5. The van der Waals surface area contributed by atoms with Gasteiger partial charge in [0.1, 0.15) is 46.8 Å². The largest absolute Gasteiger partial charge is 0.459 e. The first kappa shape index (κ1) is 108. The molecule has 0 radical (unpaired) electrons. The van der Waals surface area contributed by atoms with Gasteiger partial charge in [-0.25, -0.2) is 0 Å². The molecule has 16 saturated carbocycles. The lowest BCUT2D eigenvalue weighted by Gasteiger charge is -2.62. The molecule has 0 aromatic heterocycles. The van der Waals surface area contributed by atoms with Crippen molar-refractivity contribution in [2.24, 2.45) is 104 Å². The van der Waals surface area contributed by atoms with Crippen LogP contribution in [0, 0.1) is 104 Å². The van der Waals surface area contributed by atoms with Crippen molar-refractivity contribution in [2.45, 2.75) is 479 Å². The number of aliphatic hydroxyl groups is 3. The average molecular weight is 1670 g/mol. The topological polar surface area (TPSA) is 271 Å². The molecule has 0 amide bonds. The molecule has 18 aliphatic rings. The van der Waals surface area contributed by atoms with Gasteiger partial charge in [-0.3, -0.25) is 38.4 Å². The van der Waals surface area contributed by atoms with E-state index in [0.29, 0.717) is 73.5 Å². The lowest BCUT2D eigenvalue weighted by molar-refractivity contribution is -0.264. The highest BCUT2D eigenvalue weighted by atomic mass is 16.6. The monoisotopic (exact) mass is 1670 g/mol. The maximum atomic E-state index is 12.6. The molecule has 0 aromatic carbocycles. The summed E-state index contributed by atoms with van der Waals surface area (Å²) in [5.41, 5.74) is -6.20. The molecule has 118 heavy (non-hydrogen) atoms. The maximum Gasteiger partial charge on any atom is 0.312 e. The lowest BCUT2D eigenvalue weighted by Crippen LogP contribution is -2.67. The van der Waals surface area contributed by atoms with Crippen LogP contribution in [0.2, 0.25) is 0 Å². The van der Waals surface area contributed by atoms with E-state index in [9.17, 15) is 53.7 Å². The second kappa shape index (κ2) is 39.9. The molecule has 0 spiro atoms. The zero-order valence-electron chi connectivity index (χ0n) is 72.7. The Kier molecular flexibility index (Phi) is 36.4. The number of carbonyl (C=O) groups is 8. The maximum absolute atomic E-state index is 12.6. The molecule has 16 bridgehead atoms. The van der Waals surface area contributed by atoms with Crippen LogP contribution < -0.4 is 0 Å². The molecular formula is C99H178O19. The molecule has 12 unspecified atom stereocenters. The second-order valence-electron chi connectivity index (χ2n) is 43.2. The van der Waals surface area contributed by atoms with Gasteiger partial charge >= 0.3 is 47.8 Å². The third-order valence-corrected chi connectivity index (χ3v) is 31.7. The molecule has 2 aliphatic heterocycles. The van der Waals surface area contributed by atoms with E-state index in [2.05, 4.69) is 27.7 Å². The molecule has 18 rings (SSSR count). The van der Waals surface area contributed by atoms with Crippen molar-refractivity contribution in [3.8, 4) is 0 Å². The minimum absolute atomic E-state index is 0. The van der Waals surface area contributed by atoms with E-state index in [0.717, 1.165) is 127 Å². The van der Waals surface area contributed by atoms with E-state index in [1.165, 1.54) is 70.6 Å². The normalized spacial score (nSPS) is 35.9. The number of carbonyl (C=O) groups excluding carboxylic acids is 8. The third kappa shape index (κ3) is 23.2. The number of esters is 8. The van der Waals surface area contributed by atoms with E-state index in [1.807, 2.05) is 118 Å². The highest BCUT2D eigenvalue weighted by molar-refractivity contribution is 5.80. The molecule has 2 saturated heterocycles. The summed E-state index contributed by atoms with van der Waals surface area (Å²) < 4.78 is 45.7. The van der Waals surface area contributed by atoms with Crippen molar-refractivity contribution < 1.29 is 91.6 Å². The summed E-state index contributed by atoms with van der Waals surface area (Å²) in [7, 11) is 0. The van der Waals surface area contributed by atoms with Crippen LogP contribution in [-0.2, 0) is 76.3 Å². The second-order valence-corrected chi connectivity index (χ2v) is 43.2. The number of ether oxygens (including phenoxy) is 8. The van der Waals surface area contributed by atoms with E-state index in [4.69, 9.17) is 37.9 Å². The Morgan fingerprint density at radius 3 is 1.25 bits per heavy atom. The zero-order valence-corrected chi connectivity index (χ0v) is 72.7. The van der Waals surface area contributed by atoms with Crippen molar-refractivity contribution in [2.75, 3.05) is 0 Å². The minimum atomic E-state index is -0.842. The fourth-order valence-corrected chi connectivity index (χ4v) is 23.0. The summed E-state index contributed by atoms with van der Waals surface area (Å²) in [6.45, 7) is 41.6. The Bertz CT molecular complexity index is 3290. The molecule has 19 nitrogen and oxygen atoms in total. The summed E-state index contributed by atoms with van der Waals surface area (Å²) in [4.78, 5) is 96.6. The molecule has 2 heterocycles. The van der Waals surface area contributed by atoms with Crippen molar-refractivity contribution in [3.05, 3.63) is 0 Å². The Labute approximate surface area is 718 Å². The van der Waals surface area contributed by atoms with E-state index in [-0.39, 0.29) is 170 Å². The molecular weight excluding hydrogens is 1490 g/mol. The van der Waals surface area contributed by atoms with Gasteiger partial charge < -0.3 is 53.2 Å². The summed E-state index contributed by atoms with van der Waals surface area (Å²) in [5, 5.41) is 32.0. The van der Waals surface area contributed by atoms with Crippen LogP contribution in [0.4, 0.5) is 0 Å². The van der Waals surface area contributed by atoms with Gasteiger partial charge in [-0.2, -0.15) is 0 Å². The van der Waals surface area contributed by atoms with Crippen molar-refractivity contribution in [1.82, 2.24) is 0 Å². The molecule has 0 aromatic rings. The highest BCUT2D eigenvalue weighted by Gasteiger charge is 2.67. The number of fused-ring (bicyclic) bond motifs is 3. The molecule has 18 fully saturated rings. The average Bonchev–Trinajstić information content (AvgIpc) is 1.10. The van der Waals surface area contributed by atoms with Gasteiger partial charge in [0.2, 0.25) is 0 Å². The molecule has 19 heteroatoms. The first-order valence-electron chi connectivity index (χ1n) is 44.4. The van der Waals surface area contributed by atoms with Crippen LogP contribution in [0.3, 0.4) is 0 Å². The van der Waals surface area contributed by atoms with E-state index >= 15 is 0 Å². The van der Waals surface area contributed by atoms with E-state index in [1.54, 1.807) is 0 Å². The molecule has 12 atom stereocenters. The Balaban J connectivity index is 0.000000362. The van der Waals surface area contributed by atoms with Crippen molar-refractivity contribution in [1.29, 1.82) is 0 Å². The smallest absolute Gasteiger partial charge is 0.312 e. The first-order valence-corrected chi connectivity index (χ1v) is 44.4. The molecule has 16 aliphatic carbocycles. The first-order chi connectivity index (χ1) is 51.4. The van der Waals surface area contributed by atoms with Gasteiger partial charge in [-0.1, -0.05) is 120 Å². The summed E-state index contributed by atoms with van der Waals surface area (Å²) >= 11 is 0. The van der Waals surface area contributed by atoms with E-state index < -0.39 is 44.1 Å². The third-order valence-electron chi connectivity index (χ3n) is 31.7. The number of hydrogen-bond donors (Lipinski definition) is 3. The lowest BCUT2D eigenvalue weighted by atomic mass is 9.49. The summed E-state index contributed by atoms with van der Waals surface area (Å²) in [6, 6.07) is 0. The summed E-state index contributed by atoms with van der Waals surface area (Å²) in [6.07, 6.45) is 31.2. The van der Waals surface area contributed by atoms with Crippen LogP contribution in [0.25, 0.3) is 0 Å².